The lowest BCUT2D eigenvalue weighted by Gasteiger charge is -2.35. The van der Waals surface area contributed by atoms with Crippen LogP contribution in [0.1, 0.15) is 50.0 Å². The first-order valence-corrected chi connectivity index (χ1v) is 19.0. The molecule has 0 atom stereocenters. The van der Waals surface area contributed by atoms with Gasteiger partial charge in [0.05, 0.1) is 38.1 Å². The van der Waals surface area contributed by atoms with Crippen LogP contribution >= 0.6 is 0 Å². The van der Waals surface area contributed by atoms with Crippen LogP contribution in [0.5, 0.6) is 5.75 Å². The maximum absolute atomic E-state index is 15.0. The molecule has 0 bridgehead atoms. The molecule has 0 spiro atoms. The number of ether oxygens (including phenoxy) is 2. The lowest BCUT2D eigenvalue weighted by atomic mass is 9.97. The fourth-order valence-corrected chi connectivity index (χ4v) is 6.51. The Morgan fingerprint density at radius 3 is 2.41 bits per heavy atom. The van der Waals surface area contributed by atoms with Gasteiger partial charge in [0, 0.05) is 63.0 Å². The number of aryl methyl sites for hydroxylation is 2. The van der Waals surface area contributed by atoms with Gasteiger partial charge in [-0.25, -0.2) is 14.8 Å². The van der Waals surface area contributed by atoms with E-state index in [1.807, 2.05) is 43.3 Å². The number of carbonyl (C=O) groups is 5. The van der Waals surface area contributed by atoms with E-state index in [4.69, 9.17) is 9.47 Å². The van der Waals surface area contributed by atoms with Crippen molar-refractivity contribution < 1.29 is 37.8 Å². The van der Waals surface area contributed by atoms with Crippen LogP contribution in [0.4, 0.5) is 4.39 Å². The molecular formula is C43H48FN7O7. The highest BCUT2D eigenvalue weighted by Crippen LogP contribution is 2.26. The van der Waals surface area contributed by atoms with Crippen LogP contribution in [0.2, 0.25) is 0 Å². The molecule has 1 saturated heterocycles. The van der Waals surface area contributed by atoms with Crippen molar-refractivity contribution in [3.8, 4) is 16.9 Å². The number of aromatic nitrogens is 1. The van der Waals surface area contributed by atoms with E-state index in [9.17, 15) is 28.4 Å². The molecule has 0 saturated carbocycles. The summed E-state index contributed by atoms with van der Waals surface area (Å²) in [6, 6.07) is 21.7. The predicted octanol–water partition coefficient (Wildman–Crippen LogP) is 3.65. The zero-order chi connectivity index (χ0) is 41.4. The van der Waals surface area contributed by atoms with E-state index in [1.54, 1.807) is 23.2 Å². The second kappa shape index (κ2) is 21.2. The number of amides is 5. The fourth-order valence-electron chi connectivity index (χ4n) is 6.51. The molecule has 1 aromatic heterocycles. The number of nitrogens with zero attached hydrogens (tertiary/aromatic N) is 5. The van der Waals surface area contributed by atoms with Crippen LogP contribution in [0.3, 0.4) is 0 Å². The Balaban J connectivity index is 1.04. The highest BCUT2D eigenvalue weighted by Gasteiger charge is 2.27. The Kier molecular flexibility index (Phi) is 15.6. The Labute approximate surface area is 337 Å². The van der Waals surface area contributed by atoms with Gasteiger partial charge in [0.1, 0.15) is 5.82 Å². The lowest BCUT2D eigenvalue weighted by molar-refractivity contribution is -0.137. The third-order valence-corrected chi connectivity index (χ3v) is 9.76. The average molecular weight is 794 g/mol. The second-order valence-electron chi connectivity index (χ2n) is 13.6. The van der Waals surface area contributed by atoms with Crippen molar-refractivity contribution in [2.45, 2.75) is 26.7 Å². The van der Waals surface area contributed by atoms with Crippen molar-refractivity contribution in [1.82, 2.24) is 30.4 Å². The molecule has 58 heavy (non-hydrogen) atoms. The van der Waals surface area contributed by atoms with Crippen LogP contribution < -0.4 is 15.5 Å². The van der Waals surface area contributed by atoms with Crippen LogP contribution in [-0.2, 0) is 32.0 Å². The zero-order valence-electron chi connectivity index (χ0n) is 32.9. The third kappa shape index (κ3) is 11.3. The van der Waals surface area contributed by atoms with Gasteiger partial charge >= 0.3 is 0 Å². The number of rotatable bonds is 19. The summed E-state index contributed by atoms with van der Waals surface area (Å²) < 4.78 is 26.1. The Hall–Kier alpha value is -6.48. The molecule has 1 fully saturated rings. The van der Waals surface area contributed by atoms with E-state index < -0.39 is 17.6 Å². The summed E-state index contributed by atoms with van der Waals surface area (Å²) in [4.78, 5) is 70.8. The molecule has 2 heterocycles. The summed E-state index contributed by atoms with van der Waals surface area (Å²) in [6.45, 7) is 5.23. The molecule has 14 nitrogen and oxygen atoms in total. The van der Waals surface area contributed by atoms with E-state index in [0.717, 1.165) is 28.7 Å². The molecule has 5 rings (SSSR count). The Morgan fingerprint density at radius 2 is 1.69 bits per heavy atom. The van der Waals surface area contributed by atoms with E-state index in [2.05, 4.69) is 39.9 Å². The minimum Gasteiger partial charge on any atom is -0.494 e. The minimum atomic E-state index is -0.671. The average Bonchev–Trinajstić information content (AvgIpc) is 3.26. The second-order valence-corrected chi connectivity index (χ2v) is 13.6. The number of hydrogen-bond donors (Lipinski definition) is 2. The van der Waals surface area contributed by atoms with Crippen LogP contribution in [0.25, 0.3) is 11.1 Å². The number of hydrazone groups is 1. The molecule has 2 N–H and O–H groups in total. The highest BCUT2D eigenvalue weighted by atomic mass is 19.1. The van der Waals surface area contributed by atoms with Crippen molar-refractivity contribution in [2.24, 2.45) is 5.10 Å². The quantitative estimate of drug-likeness (QED) is 0.0630. The van der Waals surface area contributed by atoms with Gasteiger partial charge in [0.25, 0.3) is 11.8 Å². The molecule has 0 aliphatic carbocycles. The maximum Gasteiger partial charge on any atom is 0.273 e. The first kappa shape index (κ1) is 42.7. The predicted molar refractivity (Wildman–Crippen MR) is 216 cm³/mol. The van der Waals surface area contributed by atoms with Gasteiger partial charge in [-0.05, 0) is 53.8 Å². The van der Waals surface area contributed by atoms with Gasteiger partial charge in [-0.1, -0.05) is 61.5 Å². The maximum atomic E-state index is 15.0. The number of piperazine rings is 1. The molecular weight excluding hydrogens is 746 g/mol. The smallest absolute Gasteiger partial charge is 0.273 e. The van der Waals surface area contributed by atoms with Crippen LogP contribution in [0.15, 0.2) is 84.1 Å². The highest BCUT2D eigenvalue weighted by molar-refractivity contribution is 6.03. The Morgan fingerprint density at radius 1 is 0.914 bits per heavy atom. The summed E-state index contributed by atoms with van der Waals surface area (Å²) in [5.74, 6) is -1.54. The monoisotopic (exact) mass is 793 g/mol. The molecule has 0 unspecified atom stereocenters. The number of benzene rings is 3. The fraction of sp³-hybridized carbons (Fsp3) is 0.326. The summed E-state index contributed by atoms with van der Waals surface area (Å²) >= 11 is 0. The van der Waals surface area contributed by atoms with Gasteiger partial charge in [0.2, 0.25) is 18.7 Å². The van der Waals surface area contributed by atoms with E-state index >= 15 is 0 Å². The van der Waals surface area contributed by atoms with Crippen LogP contribution in [0, 0.1) is 12.7 Å². The standard InChI is InChI=1S/C43H48FN7O7/c1-4-31-9-7-10-33(22-31)34-25-39(57-3)41(46-26-34)42(55)45-14-20-58-21-19-49(29-53)27-40(54)50-15-17-51(18-16-50)43(56)36-23-32(12-13-37(36)44)24-38(48-47-28-52)35-11-6-5-8-30(35)2/h5-13,22-23,25-26,28-29H,4,14-21,24,27H2,1-3H3,(H,45,55)(H,47,52)/b48-38-. The zero-order valence-corrected chi connectivity index (χ0v) is 32.9. The minimum absolute atomic E-state index is 0.101. The Bertz CT molecular complexity index is 2120. The van der Waals surface area contributed by atoms with Gasteiger partial charge in [-0.3, -0.25) is 24.0 Å². The number of hydrogen-bond acceptors (Lipinski definition) is 9. The third-order valence-electron chi connectivity index (χ3n) is 9.76. The molecule has 304 valence electrons. The van der Waals surface area contributed by atoms with Gasteiger partial charge in [-0.15, -0.1) is 0 Å². The number of carbonyl (C=O) groups excluding carboxylic acids is 5. The molecule has 0 radical (unpaired) electrons. The summed E-state index contributed by atoms with van der Waals surface area (Å²) in [7, 11) is 1.48. The lowest BCUT2D eigenvalue weighted by Crippen LogP contribution is -2.52. The van der Waals surface area contributed by atoms with Gasteiger partial charge in [-0.2, -0.15) is 5.10 Å². The number of halogens is 1. The van der Waals surface area contributed by atoms with E-state index in [0.29, 0.717) is 29.8 Å². The molecule has 4 aromatic rings. The van der Waals surface area contributed by atoms with Crippen LogP contribution in [-0.4, -0.2) is 122 Å². The molecule has 1 aliphatic rings. The molecule has 15 heteroatoms. The van der Waals surface area contributed by atoms with Crippen molar-refractivity contribution >= 4 is 36.3 Å². The topological polar surface area (TPSA) is 163 Å². The number of nitrogens with one attached hydrogen (secondary N) is 2. The number of methoxy groups -OCH3 is 1. The summed E-state index contributed by atoms with van der Waals surface area (Å²) in [5.41, 5.74) is 8.31. The van der Waals surface area contributed by atoms with Crippen molar-refractivity contribution in [1.29, 1.82) is 0 Å². The summed E-state index contributed by atoms with van der Waals surface area (Å²) in [6.07, 6.45) is 3.81. The molecule has 1 aliphatic heterocycles. The van der Waals surface area contributed by atoms with E-state index in [-0.39, 0.29) is 82.6 Å². The first-order valence-electron chi connectivity index (χ1n) is 19.0. The normalized spacial score (nSPS) is 12.8. The number of pyridine rings is 1. The SMILES string of the molecule is CCc1cccc(-c2cnc(C(=O)NCCOCCN(C=O)CC(=O)N3CCN(C(=O)c4cc(C/C(=N/NC=O)c5ccccc5C)ccc4F)CC3)c(OC)c2)c1. The molecule has 5 amide bonds. The van der Waals surface area contributed by atoms with Gasteiger partial charge < -0.3 is 29.5 Å². The molecule has 3 aromatic carbocycles. The first-order chi connectivity index (χ1) is 28.1. The van der Waals surface area contributed by atoms with Gasteiger partial charge in [0.15, 0.2) is 11.4 Å². The van der Waals surface area contributed by atoms with E-state index in [1.165, 1.54) is 34.6 Å². The van der Waals surface area contributed by atoms with Crippen molar-refractivity contribution in [3.63, 3.8) is 0 Å². The largest absolute Gasteiger partial charge is 0.494 e. The van der Waals surface area contributed by atoms with Crippen molar-refractivity contribution in [3.05, 3.63) is 118 Å². The summed E-state index contributed by atoms with van der Waals surface area (Å²) in [5, 5.41) is 6.95. The van der Waals surface area contributed by atoms with Crippen molar-refractivity contribution in [2.75, 3.05) is 66.1 Å².